The van der Waals surface area contributed by atoms with Crippen LogP contribution in [0.4, 0.5) is 0 Å². The molecule has 0 amide bonds. The number of hydrogen-bond acceptors (Lipinski definition) is 2. The SMILES string of the molecule is O=c1cc(O)c2ccccc2n1-c1ccccc1. The average molecular weight is 237 g/mol. The Hall–Kier alpha value is -2.55. The summed E-state index contributed by atoms with van der Waals surface area (Å²) >= 11 is 0. The van der Waals surface area contributed by atoms with Crippen molar-refractivity contribution in [1.29, 1.82) is 0 Å². The summed E-state index contributed by atoms with van der Waals surface area (Å²) in [5.41, 5.74) is 1.25. The highest BCUT2D eigenvalue weighted by Crippen LogP contribution is 2.23. The second-order valence-electron chi connectivity index (χ2n) is 4.06. The fraction of sp³-hybridized carbons (Fsp3) is 0. The lowest BCUT2D eigenvalue weighted by Crippen LogP contribution is -2.17. The van der Waals surface area contributed by atoms with Gasteiger partial charge in [-0.3, -0.25) is 9.36 Å². The van der Waals surface area contributed by atoms with Gasteiger partial charge in [0.1, 0.15) is 5.75 Å². The Balaban J connectivity index is 2.46. The minimum absolute atomic E-state index is 0.0165. The first-order valence-corrected chi connectivity index (χ1v) is 5.66. The molecular weight excluding hydrogens is 226 g/mol. The van der Waals surface area contributed by atoms with Gasteiger partial charge in [-0.15, -0.1) is 0 Å². The first-order valence-electron chi connectivity index (χ1n) is 5.66. The van der Waals surface area contributed by atoms with Crippen molar-refractivity contribution in [3.05, 3.63) is 71.0 Å². The summed E-state index contributed by atoms with van der Waals surface area (Å²) < 4.78 is 1.59. The van der Waals surface area contributed by atoms with Crippen LogP contribution in [0.15, 0.2) is 65.5 Å². The molecule has 0 unspecified atom stereocenters. The number of benzene rings is 2. The van der Waals surface area contributed by atoms with Crippen molar-refractivity contribution in [2.24, 2.45) is 0 Å². The molecule has 0 atom stereocenters. The van der Waals surface area contributed by atoms with E-state index in [9.17, 15) is 9.90 Å². The van der Waals surface area contributed by atoms with E-state index < -0.39 is 0 Å². The molecule has 1 N–H and O–H groups in total. The maximum atomic E-state index is 12.1. The summed E-state index contributed by atoms with van der Waals surface area (Å²) in [4.78, 5) is 12.1. The van der Waals surface area contributed by atoms with E-state index in [0.29, 0.717) is 10.9 Å². The van der Waals surface area contributed by atoms with Crippen LogP contribution in [0.25, 0.3) is 16.6 Å². The molecule has 0 spiro atoms. The van der Waals surface area contributed by atoms with Crippen molar-refractivity contribution in [3.8, 4) is 11.4 Å². The Morgan fingerprint density at radius 1 is 0.889 bits per heavy atom. The van der Waals surface area contributed by atoms with Crippen LogP contribution in [-0.2, 0) is 0 Å². The van der Waals surface area contributed by atoms with E-state index in [1.165, 1.54) is 6.07 Å². The quantitative estimate of drug-likeness (QED) is 0.707. The van der Waals surface area contributed by atoms with Gasteiger partial charge in [-0.05, 0) is 24.3 Å². The third-order valence-electron chi connectivity index (χ3n) is 2.92. The second kappa shape index (κ2) is 4.04. The molecule has 0 saturated heterocycles. The van der Waals surface area contributed by atoms with Crippen molar-refractivity contribution in [2.45, 2.75) is 0 Å². The van der Waals surface area contributed by atoms with E-state index in [2.05, 4.69) is 0 Å². The van der Waals surface area contributed by atoms with Crippen LogP contribution >= 0.6 is 0 Å². The zero-order chi connectivity index (χ0) is 12.5. The molecule has 0 fully saturated rings. The molecule has 2 aromatic carbocycles. The van der Waals surface area contributed by atoms with Gasteiger partial charge >= 0.3 is 0 Å². The third kappa shape index (κ3) is 1.57. The van der Waals surface area contributed by atoms with Gasteiger partial charge in [0.15, 0.2) is 0 Å². The second-order valence-corrected chi connectivity index (χ2v) is 4.06. The molecular formula is C15H11NO2. The van der Waals surface area contributed by atoms with Gasteiger partial charge in [0.2, 0.25) is 0 Å². The minimum atomic E-state index is -0.239. The van der Waals surface area contributed by atoms with E-state index in [4.69, 9.17) is 0 Å². The number of rotatable bonds is 1. The van der Waals surface area contributed by atoms with E-state index in [1.807, 2.05) is 48.5 Å². The number of fused-ring (bicyclic) bond motifs is 1. The number of nitrogens with zero attached hydrogens (tertiary/aromatic N) is 1. The van der Waals surface area contributed by atoms with Crippen LogP contribution in [0.2, 0.25) is 0 Å². The van der Waals surface area contributed by atoms with Gasteiger partial charge in [0.25, 0.3) is 5.56 Å². The van der Waals surface area contributed by atoms with Gasteiger partial charge in [-0.25, -0.2) is 0 Å². The standard InChI is InChI=1S/C15H11NO2/c17-14-10-15(18)16(11-6-2-1-3-7-11)13-9-5-4-8-12(13)14/h1-10,17H. The van der Waals surface area contributed by atoms with Gasteiger partial charge in [0.05, 0.1) is 5.52 Å². The smallest absolute Gasteiger partial charge is 0.259 e. The predicted molar refractivity (Wildman–Crippen MR) is 71.2 cm³/mol. The van der Waals surface area contributed by atoms with E-state index in [-0.39, 0.29) is 11.3 Å². The zero-order valence-corrected chi connectivity index (χ0v) is 9.58. The van der Waals surface area contributed by atoms with Crippen LogP contribution in [-0.4, -0.2) is 9.67 Å². The number of hydrogen-bond donors (Lipinski definition) is 1. The highest BCUT2D eigenvalue weighted by atomic mass is 16.3. The van der Waals surface area contributed by atoms with E-state index in [0.717, 1.165) is 5.69 Å². The van der Waals surface area contributed by atoms with Crippen molar-refractivity contribution < 1.29 is 5.11 Å². The summed E-state index contributed by atoms with van der Waals surface area (Å²) in [6, 6.07) is 17.9. The van der Waals surface area contributed by atoms with Crippen molar-refractivity contribution in [3.63, 3.8) is 0 Å². The van der Waals surface area contributed by atoms with Crippen molar-refractivity contribution >= 4 is 10.9 Å². The molecule has 0 aliphatic heterocycles. The molecule has 3 heteroatoms. The number of para-hydroxylation sites is 2. The third-order valence-corrected chi connectivity index (χ3v) is 2.92. The number of pyridine rings is 1. The lowest BCUT2D eigenvalue weighted by Gasteiger charge is -2.10. The molecule has 1 aromatic heterocycles. The normalized spacial score (nSPS) is 10.7. The summed E-state index contributed by atoms with van der Waals surface area (Å²) in [6.07, 6.45) is 0. The summed E-state index contributed by atoms with van der Waals surface area (Å²) in [5.74, 6) is 0.0165. The van der Waals surface area contributed by atoms with Crippen molar-refractivity contribution in [2.75, 3.05) is 0 Å². The topological polar surface area (TPSA) is 42.2 Å². The van der Waals surface area contributed by atoms with E-state index in [1.54, 1.807) is 10.6 Å². The Morgan fingerprint density at radius 3 is 2.33 bits per heavy atom. The van der Waals surface area contributed by atoms with Crippen molar-refractivity contribution in [1.82, 2.24) is 4.57 Å². The summed E-state index contributed by atoms with van der Waals surface area (Å²) in [7, 11) is 0. The van der Waals surface area contributed by atoms with Gasteiger partial charge in [-0.1, -0.05) is 30.3 Å². The van der Waals surface area contributed by atoms with Gasteiger partial charge < -0.3 is 5.11 Å². The van der Waals surface area contributed by atoms with Crippen LogP contribution in [0.3, 0.4) is 0 Å². The molecule has 0 aliphatic rings. The monoisotopic (exact) mass is 237 g/mol. The Labute approximate surface area is 104 Å². The molecule has 0 radical (unpaired) electrons. The Kier molecular flexibility index (Phi) is 2.38. The lowest BCUT2D eigenvalue weighted by molar-refractivity contribution is 0.480. The lowest BCUT2D eigenvalue weighted by atomic mass is 10.2. The number of aromatic hydroxyl groups is 1. The van der Waals surface area contributed by atoms with Crippen LogP contribution < -0.4 is 5.56 Å². The molecule has 18 heavy (non-hydrogen) atoms. The number of aromatic nitrogens is 1. The minimum Gasteiger partial charge on any atom is -0.507 e. The van der Waals surface area contributed by atoms with E-state index >= 15 is 0 Å². The molecule has 3 rings (SSSR count). The van der Waals surface area contributed by atoms with Crippen LogP contribution in [0.1, 0.15) is 0 Å². The average Bonchev–Trinajstić information content (AvgIpc) is 2.40. The first-order chi connectivity index (χ1) is 8.77. The Bertz CT molecular complexity index is 760. The fourth-order valence-electron chi connectivity index (χ4n) is 2.11. The van der Waals surface area contributed by atoms with Crippen LogP contribution in [0.5, 0.6) is 5.75 Å². The maximum absolute atomic E-state index is 12.1. The molecule has 0 bridgehead atoms. The molecule has 0 aliphatic carbocycles. The largest absolute Gasteiger partial charge is 0.507 e. The summed E-state index contributed by atoms with van der Waals surface area (Å²) in [6.45, 7) is 0. The maximum Gasteiger partial charge on any atom is 0.259 e. The molecule has 0 saturated carbocycles. The summed E-state index contributed by atoms with van der Waals surface area (Å²) in [5, 5.41) is 10.5. The fourth-order valence-corrected chi connectivity index (χ4v) is 2.11. The zero-order valence-electron chi connectivity index (χ0n) is 9.58. The molecule has 88 valence electrons. The highest BCUT2D eigenvalue weighted by molar-refractivity contribution is 5.86. The molecule has 3 aromatic rings. The van der Waals surface area contributed by atoms with Gasteiger partial charge in [-0.2, -0.15) is 0 Å². The highest BCUT2D eigenvalue weighted by Gasteiger charge is 2.08. The van der Waals surface area contributed by atoms with Gasteiger partial charge in [0, 0.05) is 17.1 Å². The van der Waals surface area contributed by atoms with Crippen LogP contribution in [0, 0.1) is 0 Å². The molecule has 1 heterocycles. The first kappa shape index (κ1) is 10.6. The Morgan fingerprint density at radius 2 is 1.56 bits per heavy atom. The predicted octanol–water partition coefficient (Wildman–Crippen LogP) is 2.70. The molecule has 3 nitrogen and oxygen atoms in total.